The third-order valence-electron chi connectivity index (χ3n) is 3.88. The van der Waals surface area contributed by atoms with Crippen LogP contribution in [-0.2, 0) is 13.0 Å². The Kier molecular flexibility index (Phi) is 3.10. The average Bonchev–Trinajstić information content (AvgIpc) is 2.80. The Hall–Kier alpha value is -0.830. The van der Waals surface area contributed by atoms with E-state index in [9.17, 15) is 0 Å². The van der Waals surface area contributed by atoms with Crippen molar-refractivity contribution in [1.29, 1.82) is 0 Å². The lowest BCUT2D eigenvalue weighted by Crippen LogP contribution is -2.26. The lowest BCUT2D eigenvalue weighted by molar-refractivity contribution is 0.379. The van der Waals surface area contributed by atoms with Gasteiger partial charge in [0.05, 0.1) is 0 Å². The van der Waals surface area contributed by atoms with E-state index in [2.05, 4.69) is 29.6 Å². The maximum Gasteiger partial charge on any atom is 0.108 e. The van der Waals surface area contributed by atoms with Gasteiger partial charge in [0.15, 0.2) is 0 Å². The first-order valence-electron chi connectivity index (χ1n) is 5.98. The first-order chi connectivity index (χ1) is 7.22. The maximum absolute atomic E-state index is 6.04. The smallest absolute Gasteiger partial charge is 0.108 e. The Morgan fingerprint density at radius 2 is 2.33 bits per heavy atom. The van der Waals surface area contributed by atoms with Crippen molar-refractivity contribution in [1.82, 2.24) is 9.55 Å². The van der Waals surface area contributed by atoms with Crippen LogP contribution >= 0.6 is 0 Å². The summed E-state index contributed by atoms with van der Waals surface area (Å²) in [5.41, 5.74) is 6.04. The summed E-state index contributed by atoms with van der Waals surface area (Å²) >= 11 is 0. The monoisotopic (exact) mass is 207 g/mol. The van der Waals surface area contributed by atoms with Crippen molar-refractivity contribution in [2.24, 2.45) is 17.6 Å². The summed E-state index contributed by atoms with van der Waals surface area (Å²) in [6.45, 7) is 5.46. The Balaban J connectivity index is 2.03. The van der Waals surface area contributed by atoms with E-state index in [1.165, 1.54) is 18.7 Å². The molecule has 1 heterocycles. The van der Waals surface area contributed by atoms with Gasteiger partial charge in [0.25, 0.3) is 0 Å². The zero-order valence-electron chi connectivity index (χ0n) is 9.69. The topological polar surface area (TPSA) is 43.8 Å². The minimum Gasteiger partial charge on any atom is -0.335 e. The second kappa shape index (κ2) is 4.35. The van der Waals surface area contributed by atoms with Crippen LogP contribution in [0.25, 0.3) is 0 Å². The number of hydrogen-bond donors (Lipinski definition) is 1. The van der Waals surface area contributed by atoms with Crippen LogP contribution in [0.15, 0.2) is 12.4 Å². The number of imidazole rings is 1. The summed E-state index contributed by atoms with van der Waals surface area (Å²) in [6.07, 6.45) is 7.50. The summed E-state index contributed by atoms with van der Waals surface area (Å²) in [6, 6.07) is 0.403. The number of aromatic nitrogens is 2. The van der Waals surface area contributed by atoms with Crippen LogP contribution in [0.2, 0.25) is 0 Å². The van der Waals surface area contributed by atoms with Gasteiger partial charge in [0.1, 0.15) is 5.82 Å². The third-order valence-corrected chi connectivity index (χ3v) is 3.88. The highest BCUT2D eigenvalue weighted by Gasteiger charge is 2.30. The van der Waals surface area contributed by atoms with Crippen LogP contribution in [0, 0.1) is 11.8 Å². The molecule has 3 unspecified atom stereocenters. The molecule has 1 aromatic heterocycles. The van der Waals surface area contributed by atoms with E-state index < -0.39 is 0 Å². The van der Waals surface area contributed by atoms with Crippen molar-refractivity contribution in [2.75, 3.05) is 0 Å². The highest BCUT2D eigenvalue weighted by Crippen LogP contribution is 2.32. The van der Waals surface area contributed by atoms with Crippen molar-refractivity contribution in [3.05, 3.63) is 18.2 Å². The molecule has 3 heteroatoms. The summed E-state index contributed by atoms with van der Waals surface area (Å²) < 4.78 is 2.23. The molecular formula is C12H21N3. The van der Waals surface area contributed by atoms with Crippen LogP contribution in [-0.4, -0.2) is 15.6 Å². The molecule has 3 nitrogen and oxygen atoms in total. The molecule has 84 valence electrons. The van der Waals surface area contributed by atoms with Crippen LogP contribution in [0.4, 0.5) is 0 Å². The van der Waals surface area contributed by atoms with Crippen LogP contribution in [0.5, 0.6) is 0 Å². The van der Waals surface area contributed by atoms with E-state index in [4.69, 9.17) is 5.73 Å². The second-order valence-corrected chi connectivity index (χ2v) is 4.69. The van der Waals surface area contributed by atoms with Crippen molar-refractivity contribution in [2.45, 2.75) is 45.7 Å². The highest BCUT2D eigenvalue weighted by atomic mass is 15.1. The minimum atomic E-state index is 0.403. The average molecular weight is 207 g/mol. The SMILES string of the molecule is CCn1ccnc1CC1CCC(N)C1C. The van der Waals surface area contributed by atoms with E-state index in [-0.39, 0.29) is 0 Å². The predicted molar refractivity (Wildman–Crippen MR) is 61.5 cm³/mol. The molecule has 0 spiro atoms. The fourth-order valence-electron chi connectivity index (χ4n) is 2.62. The fourth-order valence-corrected chi connectivity index (χ4v) is 2.62. The molecule has 3 atom stereocenters. The standard InChI is InChI=1S/C12H21N3/c1-3-15-7-6-14-12(15)8-10-4-5-11(13)9(10)2/h6-7,9-11H,3-5,8,13H2,1-2H3. The van der Waals surface area contributed by atoms with Gasteiger partial charge in [-0.05, 0) is 31.6 Å². The Bertz CT molecular complexity index is 318. The first-order valence-corrected chi connectivity index (χ1v) is 5.98. The summed E-state index contributed by atoms with van der Waals surface area (Å²) in [4.78, 5) is 4.43. The molecule has 0 saturated heterocycles. The van der Waals surface area contributed by atoms with Crippen molar-refractivity contribution >= 4 is 0 Å². The quantitative estimate of drug-likeness (QED) is 0.821. The van der Waals surface area contributed by atoms with Crippen molar-refractivity contribution in [3.8, 4) is 0 Å². The Morgan fingerprint density at radius 1 is 1.53 bits per heavy atom. The number of nitrogens with zero attached hydrogens (tertiary/aromatic N) is 2. The molecule has 1 fully saturated rings. The molecule has 0 bridgehead atoms. The summed E-state index contributed by atoms with van der Waals surface area (Å²) in [5.74, 6) is 2.60. The number of hydrogen-bond acceptors (Lipinski definition) is 2. The van der Waals surface area contributed by atoms with Crippen molar-refractivity contribution < 1.29 is 0 Å². The number of rotatable bonds is 3. The minimum absolute atomic E-state index is 0.403. The van der Waals surface area contributed by atoms with Gasteiger partial charge >= 0.3 is 0 Å². The van der Waals surface area contributed by atoms with Crippen LogP contribution in [0.1, 0.15) is 32.5 Å². The lowest BCUT2D eigenvalue weighted by Gasteiger charge is -2.17. The van der Waals surface area contributed by atoms with Gasteiger partial charge in [0, 0.05) is 31.4 Å². The Morgan fingerprint density at radius 3 is 2.93 bits per heavy atom. The Labute approximate surface area is 91.7 Å². The maximum atomic E-state index is 6.04. The van der Waals surface area contributed by atoms with Crippen LogP contribution in [0.3, 0.4) is 0 Å². The summed E-state index contributed by atoms with van der Waals surface area (Å²) in [7, 11) is 0. The zero-order valence-corrected chi connectivity index (χ0v) is 9.69. The predicted octanol–water partition coefficient (Wildman–Crippen LogP) is 1.82. The lowest BCUT2D eigenvalue weighted by atomic mass is 9.93. The molecule has 0 radical (unpaired) electrons. The van der Waals surface area contributed by atoms with Gasteiger partial charge in [-0.25, -0.2) is 4.98 Å². The molecule has 0 amide bonds. The van der Waals surface area contributed by atoms with Gasteiger partial charge in [-0.15, -0.1) is 0 Å². The third kappa shape index (κ3) is 2.07. The molecule has 15 heavy (non-hydrogen) atoms. The second-order valence-electron chi connectivity index (χ2n) is 4.69. The van der Waals surface area contributed by atoms with E-state index in [0.717, 1.165) is 18.9 Å². The molecule has 2 N–H and O–H groups in total. The fraction of sp³-hybridized carbons (Fsp3) is 0.750. The molecule has 1 aliphatic carbocycles. The van der Waals surface area contributed by atoms with Gasteiger partial charge in [-0.1, -0.05) is 6.92 Å². The number of aryl methyl sites for hydroxylation is 1. The molecule has 1 aromatic rings. The van der Waals surface area contributed by atoms with Crippen LogP contribution < -0.4 is 5.73 Å². The van der Waals surface area contributed by atoms with E-state index in [1.807, 2.05) is 6.20 Å². The molecule has 1 saturated carbocycles. The van der Waals surface area contributed by atoms with Gasteiger partial charge in [0.2, 0.25) is 0 Å². The molecule has 2 rings (SSSR count). The van der Waals surface area contributed by atoms with Gasteiger partial charge < -0.3 is 10.3 Å². The first kappa shape index (κ1) is 10.7. The van der Waals surface area contributed by atoms with E-state index >= 15 is 0 Å². The molecule has 1 aliphatic rings. The largest absolute Gasteiger partial charge is 0.335 e. The highest BCUT2D eigenvalue weighted by molar-refractivity contribution is 4.97. The van der Waals surface area contributed by atoms with Crippen molar-refractivity contribution in [3.63, 3.8) is 0 Å². The van der Waals surface area contributed by atoms with Gasteiger partial charge in [-0.3, -0.25) is 0 Å². The van der Waals surface area contributed by atoms with Gasteiger partial charge in [-0.2, -0.15) is 0 Å². The van der Waals surface area contributed by atoms with E-state index in [0.29, 0.717) is 12.0 Å². The molecule has 0 aliphatic heterocycles. The zero-order chi connectivity index (χ0) is 10.8. The number of nitrogens with two attached hydrogens (primary N) is 1. The normalized spacial score (nSPS) is 31.0. The van der Waals surface area contributed by atoms with E-state index in [1.54, 1.807) is 0 Å². The summed E-state index contributed by atoms with van der Waals surface area (Å²) in [5, 5.41) is 0. The molecule has 0 aromatic carbocycles. The molecular weight excluding hydrogens is 186 g/mol.